The van der Waals surface area contributed by atoms with Crippen LogP contribution in [0.25, 0.3) is 5.65 Å². The van der Waals surface area contributed by atoms with Crippen LogP contribution < -0.4 is 0 Å². The molecule has 0 amide bonds. The molecule has 0 aliphatic heterocycles. The van der Waals surface area contributed by atoms with Crippen molar-refractivity contribution in [3.63, 3.8) is 0 Å². The average molecular weight is 346 g/mol. The first-order chi connectivity index (χ1) is 11.7. The van der Waals surface area contributed by atoms with E-state index in [1.807, 2.05) is 39.0 Å². The minimum absolute atomic E-state index is 0.139. The summed E-state index contributed by atoms with van der Waals surface area (Å²) in [4.78, 5) is 4.58. The molecule has 0 atom stereocenters. The van der Waals surface area contributed by atoms with Crippen molar-refractivity contribution in [2.45, 2.75) is 32.4 Å². The van der Waals surface area contributed by atoms with Gasteiger partial charge in [-0.3, -0.25) is 4.40 Å². The number of azo groups is 1. The van der Waals surface area contributed by atoms with Crippen LogP contribution in [0.1, 0.15) is 32.0 Å². The molecule has 130 valence electrons. The molecule has 25 heavy (non-hydrogen) atoms. The fourth-order valence-electron chi connectivity index (χ4n) is 2.43. The van der Waals surface area contributed by atoms with Crippen LogP contribution >= 0.6 is 0 Å². The molecule has 0 unspecified atom stereocenters. The van der Waals surface area contributed by atoms with E-state index >= 15 is 0 Å². The SMILES string of the molecule is CC(C)(C)c1nc2ccccn2c1N=Nc1cccc(C(F)(F)F)c1. The second-order valence-electron chi connectivity index (χ2n) is 6.71. The van der Waals surface area contributed by atoms with E-state index in [9.17, 15) is 13.2 Å². The van der Waals surface area contributed by atoms with Crippen LogP contribution in [0.4, 0.5) is 24.7 Å². The molecule has 0 radical (unpaired) electrons. The number of hydrogen-bond acceptors (Lipinski definition) is 3. The van der Waals surface area contributed by atoms with Gasteiger partial charge in [0, 0.05) is 11.6 Å². The highest BCUT2D eigenvalue weighted by Crippen LogP contribution is 2.34. The molecule has 0 saturated carbocycles. The predicted molar refractivity (Wildman–Crippen MR) is 89.5 cm³/mol. The van der Waals surface area contributed by atoms with Gasteiger partial charge in [0.25, 0.3) is 0 Å². The highest BCUT2D eigenvalue weighted by Gasteiger charge is 2.30. The number of fused-ring (bicyclic) bond motifs is 1. The van der Waals surface area contributed by atoms with Gasteiger partial charge in [0.15, 0.2) is 5.82 Å². The number of hydrogen-bond donors (Lipinski definition) is 0. The summed E-state index contributed by atoms with van der Waals surface area (Å²) in [5, 5.41) is 8.22. The molecule has 1 aromatic carbocycles. The number of aromatic nitrogens is 2. The Labute approximate surface area is 143 Å². The van der Waals surface area contributed by atoms with E-state index in [-0.39, 0.29) is 11.1 Å². The fourth-order valence-corrected chi connectivity index (χ4v) is 2.43. The Morgan fingerprint density at radius 3 is 2.40 bits per heavy atom. The lowest BCUT2D eigenvalue weighted by molar-refractivity contribution is -0.137. The average Bonchev–Trinajstić information content (AvgIpc) is 2.91. The first-order valence-corrected chi connectivity index (χ1v) is 7.73. The van der Waals surface area contributed by atoms with Crippen molar-refractivity contribution < 1.29 is 13.2 Å². The summed E-state index contributed by atoms with van der Waals surface area (Å²) in [5.74, 6) is 0.514. The van der Waals surface area contributed by atoms with Gasteiger partial charge in [-0.05, 0) is 30.3 Å². The molecule has 7 heteroatoms. The number of rotatable bonds is 2. The molecule has 3 rings (SSSR count). The van der Waals surface area contributed by atoms with Crippen molar-refractivity contribution in [2.24, 2.45) is 10.2 Å². The maximum Gasteiger partial charge on any atom is 0.416 e. The Morgan fingerprint density at radius 1 is 0.960 bits per heavy atom. The standard InChI is InChI=1S/C18H17F3N4/c1-17(2,3)15-16(25-10-5-4-9-14(25)22-15)24-23-13-8-6-7-12(11-13)18(19,20)21/h4-11H,1-3H3. The zero-order valence-electron chi connectivity index (χ0n) is 14.0. The van der Waals surface area contributed by atoms with E-state index < -0.39 is 11.7 Å². The predicted octanol–water partition coefficient (Wildman–Crippen LogP) is 6.07. The molecule has 2 heterocycles. The number of alkyl halides is 3. The third-order valence-corrected chi connectivity index (χ3v) is 3.65. The Hall–Kier alpha value is -2.70. The number of imidazole rings is 1. The minimum Gasteiger partial charge on any atom is -0.283 e. The summed E-state index contributed by atoms with van der Waals surface area (Å²) in [6, 6.07) is 10.3. The third-order valence-electron chi connectivity index (χ3n) is 3.65. The monoisotopic (exact) mass is 346 g/mol. The maximum atomic E-state index is 12.8. The van der Waals surface area contributed by atoms with Crippen LogP contribution in [0.2, 0.25) is 0 Å². The van der Waals surface area contributed by atoms with Crippen LogP contribution in [0.3, 0.4) is 0 Å². The molecular formula is C18H17F3N4. The van der Waals surface area contributed by atoms with Crippen LogP contribution in [0.5, 0.6) is 0 Å². The van der Waals surface area contributed by atoms with Gasteiger partial charge in [0.2, 0.25) is 0 Å². The van der Waals surface area contributed by atoms with E-state index in [4.69, 9.17) is 0 Å². The van der Waals surface area contributed by atoms with E-state index in [1.54, 1.807) is 10.6 Å². The van der Waals surface area contributed by atoms with Gasteiger partial charge < -0.3 is 0 Å². The molecule has 0 N–H and O–H groups in total. The highest BCUT2D eigenvalue weighted by molar-refractivity contribution is 5.54. The van der Waals surface area contributed by atoms with Crippen molar-refractivity contribution in [1.29, 1.82) is 0 Å². The Morgan fingerprint density at radius 2 is 1.72 bits per heavy atom. The summed E-state index contributed by atoms with van der Waals surface area (Å²) in [7, 11) is 0. The topological polar surface area (TPSA) is 42.0 Å². The lowest BCUT2D eigenvalue weighted by Crippen LogP contribution is -2.11. The van der Waals surface area contributed by atoms with E-state index in [0.29, 0.717) is 11.5 Å². The van der Waals surface area contributed by atoms with E-state index in [0.717, 1.165) is 17.8 Å². The normalized spacial score (nSPS) is 13.0. The van der Waals surface area contributed by atoms with Crippen molar-refractivity contribution in [3.8, 4) is 0 Å². The molecule has 0 aliphatic rings. The maximum absolute atomic E-state index is 12.8. The third kappa shape index (κ3) is 3.55. The van der Waals surface area contributed by atoms with Gasteiger partial charge in [0.1, 0.15) is 5.65 Å². The minimum atomic E-state index is -4.41. The van der Waals surface area contributed by atoms with Crippen LogP contribution in [0, 0.1) is 0 Å². The number of benzene rings is 1. The quantitative estimate of drug-likeness (QED) is 0.520. The molecular weight excluding hydrogens is 329 g/mol. The summed E-state index contributed by atoms with van der Waals surface area (Å²) >= 11 is 0. The summed E-state index contributed by atoms with van der Waals surface area (Å²) < 4.78 is 40.2. The second kappa shape index (κ2) is 5.98. The zero-order valence-corrected chi connectivity index (χ0v) is 14.0. The molecule has 0 aliphatic carbocycles. The largest absolute Gasteiger partial charge is 0.416 e. The molecule has 0 saturated heterocycles. The van der Waals surface area contributed by atoms with Gasteiger partial charge in [0.05, 0.1) is 16.9 Å². The van der Waals surface area contributed by atoms with Crippen LogP contribution in [-0.2, 0) is 11.6 Å². The number of pyridine rings is 1. The smallest absolute Gasteiger partial charge is 0.283 e. The van der Waals surface area contributed by atoms with E-state index in [2.05, 4.69) is 15.2 Å². The van der Waals surface area contributed by atoms with Gasteiger partial charge in [-0.25, -0.2) is 4.98 Å². The Kier molecular flexibility index (Phi) is 4.10. The van der Waals surface area contributed by atoms with Crippen LogP contribution in [-0.4, -0.2) is 9.38 Å². The Bertz CT molecular complexity index is 933. The first-order valence-electron chi connectivity index (χ1n) is 7.73. The second-order valence-corrected chi connectivity index (χ2v) is 6.71. The van der Waals surface area contributed by atoms with Crippen LogP contribution in [0.15, 0.2) is 58.9 Å². The highest BCUT2D eigenvalue weighted by atomic mass is 19.4. The zero-order chi connectivity index (χ0) is 18.2. The molecule has 0 bridgehead atoms. The Balaban J connectivity index is 2.07. The number of nitrogens with zero attached hydrogens (tertiary/aromatic N) is 4. The molecule has 0 fully saturated rings. The van der Waals surface area contributed by atoms with Crippen molar-refractivity contribution >= 4 is 17.2 Å². The molecule has 2 aromatic heterocycles. The van der Waals surface area contributed by atoms with Crippen molar-refractivity contribution in [3.05, 3.63) is 59.9 Å². The lowest BCUT2D eigenvalue weighted by Gasteiger charge is -2.15. The van der Waals surface area contributed by atoms with Gasteiger partial charge in [-0.1, -0.05) is 32.9 Å². The molecule has 0 spiro atoms. The van der Waals surface area contributed by atoms with Crippen molar-refractivity contribution in [2.75, 3.05) is 0 Å². The van der Waals surface area contributed by atoms with Gasteiger partial charge in [-0.2, -0.15) is 13.2 Å². The number of halogens is 3. The van der Waals surface area contributed by atoms with Gasteiger partial charge >= 0.3 is 6.18 Å². The lowest BCUT2D eigenvalue weighted by atomic mass is 9.92. The summed E-state index contributed by atoms with van der Waals surface area (Å²) in [5.41, 5.74) is 0.548. The summed E-state index contributed by atoms with van der Waals surface area (Å²) in [6.45, 7) is 5.99. The van der Waals surface area contributed by atoms with E-state index in [1.165, 1.54) is 12.1 Å². The summed E-state index contributed by atoms with van der Waals surface area (Å²) in [6.07, 6.45) is -2.61. The van der Waals surface area contributed by atoms with Gasteiger partial charge in [-0.15, -0.1) is 10.2 Å². The van der Waals surface area contributed by atoms with Crippen molar-refractivity contribution in [1.82, 2.24) is 9.38 Å². The fraction of sp³-hybridized carbons (Fsp3) is 0.278. The molecule has 4 nitrogen and oxygen atoms in total. The first kappa shape index (κ1) is 17.1. The molecule has 3 aromatic rings.